The molecule has 1 nitrogen and oxygen atoms in total. The van der Waals surface area contributed by atoms with Gasteiger partial charge in [-0.15, -0.1) is 0 Å². The Hall–Kier alpha value is -5.66. The fourth-order valence-corrected chi connectivity index (χ4v) is 12.9. The van der Waals surface area contributed by atoms with Crippen molar-refractivity contribution in [3.8, 4) is 33.4 Å². The Morgan fingerprint density at radius 1 is 0.411 bits per heavy atom. The molecule has 3 atom stereocenters. The third-order valence-electron chi connectivity index (χ3n) is 15.2. The van der Waals surface area contributed by atoms with E-state index in [4.69, 9.17) is 0 Å². The van der Waals surface area contributed by atoms with Crippen LogP contribution in [0, 0.1) is 5.92 Å². The second kappa shape index (κ2) is 11.2. The van der Waals surface area contributed by atoms with E-state index in [0.29, 0.717) is 11.8 Å². The number of nitrogens with zero attached hydrogens (tertiary/aromatic N) is 1. The third-order valence-corrected chi connectivity index (χ3v) is 15.2. The lowest BCUT2D eigenvalue weighted by Gasteiger charge is -2.47. The number of benzene rings is 7. The molecule has 1 saturated carbocycles. The first kappa shape index (κ1) is 32.6. The summed E-state index contributed by atoms with van der Waals surface area (Å²) in [6.07, 6.45) is 3.56. The van der Waals surface area contributed by atoms with Crippen LogP contribution in [0.3, 0.4) is 0 Å². The molecule has 0 aromatic heterocycles. The van der Waals surface area contributed by atoms with Gasteiger partial charge in [0, 0.05) is 34.2 Å². The van der Waals surface area contributed by atoms with Crippen molar-refractivity contribution in [1.29, 1.82) is 0 Å². The van der Waals surface area contributed by atoms with Gasteiger partial charge in [-0.3, -0.25) is 0 Å². The van der Waals surface area contributed by atoms with Gasteiger partial charge in [0.05, 0.1) is 5.41 Å². The molecule has 5 aliphatic rings. The van der Waals surface area contributed by atoms with Crippen LogP contribution >= 0.6 is 0 Å². The molecule has 0 bridgehead atoms. The van der Waals surface area contributed by atoms with E-state index in [1.165, 1.54) is 96.5 Å². The summed E-state index contributed by atoms with van der Waals surface area (Å²) in [7, 11) is 0. The molecule has 0 saturated heterocycles. The van der Waals surface area contributed by atoms with Crippen molar-refractivity contribution in [2.45, 2.75) is 75.2 Å². The normalized spacial score (nSPS) is 21.6. The Morgan fingerprint density at radius 2 is 0.821 bits per heavy atom. The van der Waals surface area contributed by atoms with Gasteiger partial charge in [-0.1, -0.05) is 168 Å². The summed E-state index contributed by atoms with van der Waals surface area (Å²) < 4.78 is 0. The standard InChI is InChI=1S/C55H47N/c1-53(2)43-21-10-5-16-36(43)40-30-28-34(32-49(40)53)56(35-29-31-41-37-17-6-11-22-44(37)54(3,4)50(41)33-35)51-27-15-26-48-52(51)42-20-9-14-25-47(42)55(48)45-23-12-7-18-38(45)39-19-8-13-24-46(39)55/h5-14,16-25,28-33,48,51-52H,15,26-27H2,1-4H3. The first-order chi connectivity index (χ1) is 27.3. The molecule has 1 fully saturated rings. The Kier molecular flexibility index (Phi) is 6.53. The molecule has 56 heavy (non-hydrogen) atoms. The maximum Gasteiger partial charge on any atom is 0.0501 e. The lowest BCUT2D eigenvalue weighted by atomic mass is 9.61. The fraction of sp³-hybridized carbons (Fsp3) is 0.236. The second-order valence-corrected chi connectivity index (χ2v) is 18.3. The SMILES string of the molecule is CC1(C)c2ccccc2-c2ccc(N(c3ccc4c(c3)C(C)(C)c3ccccc3-4)C3CCCC4C3c3ccccc3C43c4ccccc4-c4ccccc43)cc21. The highest BCUT2D eigenvalue weighted by Crippen LogP contribution is 2.68. The minimum atomic E-state index is -0.165. The fourth-order valence-electron chi connectivity index (χ4n) is 12.9. The third kappa shape index (κ3) is 3.96. The zero-order valence-electron chi connectivity index (χ0n) is 32.8. The van der Waals surface area contributed by atoms with Gasteiger partial charge in [-0.05, 0) is 121 Å². The number of hydrogen-bond acceptors (Lipinski definition) is 1. The summed E-state index contributed by atoms with van der Waals surface area (Å²) in [5.41, 5.74) is 22.5. The van der Waals surface area contributed by atoms with Crippen LogP contribution in [0.2, 0.25) is 0 Å². The second-order valence-electron chi connectivity index (χ2n) is 18.3. The van der Waals surface area contributed by atoms with Crippen molar-refractivity contribution in [3.05, 3.63) is 202 Å². The number of rotatable bonds is 3. The molecule has 7 aromatic carbocycles. The molecule has 0 amide bonds. The predicted octanol–water partition coefficient (Wildman–Crippen LogP) is 13.7. The highest BCUT2D eigenvalue weighted by atomic mass is 15.2. The van der Waals surface area contributed by atoms with Crippen LogP contribution in [0.5, 0.6) is 0 Å². The molecule has 1 heteroatoms. The average molecular weight is 722 g/mol. The minimum absolute atomic E-state index is 0.0778. The first-order valence-electron chi connectivity index (χ1n) is 20.9. The van der Waals surface area contributed by atoms with Gasteiger partial charge in [-0.25, -0.2) is 0 Å². The van der Waals surface area contributed by atoms with Crippen LogP contribution < -0.4 is 4.90 Å². The van der Waals surface area contributed by atoms with Gasteiger partial charge in [0.25, 0.3) is 0 Å². The van der Waals surface area contributed by atoms with E-state index < -0.39 is 0 Å². The Labute approximate surface area is 331 Å². The topological polar surface area (TPSA) is 3.24 Å². The molecule has 0 radical (unpaired) electrons. The Morgan fingerprint density at radius 3 is 1.34 bits per heavy atom. The molecule has 1 spiro atoms. The largest absolute Gasteiger partial charge is 0.338 e. The van der Waals surface area contributed by atoms with Crippen molar-refractivity contribution >= 4 is 11.4 Å². The summed E-state index contributed by atoms with van der Waals surface area (Å²) in [5, 5.41) is 0. The molecule has 7 aromatic rings. The van der Waals surface area contributed by atoms with E-state index in [-0.39, 0.29) is 22.3 Å². The molecule has 0 heterocycles. The van der Waals surface area contributed by atoms with Crippen molar-refractivity contribution in [1.82, 2.24) is 0 Å². The molecular weight excluding hydrogens is 675 g/mol. The highest BCUT2D eigenvalue weighted by molar-refractivity contribution is 5.88. The molecule has 3 unspecified atom stereocenters. The van der Waals surface area contributed by atoms with Crippen LogP contribution in [0.15, 0.2) is 158 Å². The first-order valence-corrected chi connectivity index (χ1v) is 20.9. The maximum absolute atomic E-state index is 2.82. The van der Waals surface area contributed by atoms with Gasteiger partial charge in [-0.2, -0.15) is 0 Å². The molecule has 5 aliphatic carbocycles. The van der Waals surface area contributed by atoms with Gasteiger partial charge in [0.1, 0.15) is 0 Å². The monoisotopic (exact) mass is 721 g/mol. The van der Waals surface area contributed by atoms with Crippen molar-refractivity contribution < 1.29 is 0 Å². The quantitative estimate of drug-likeness (QED) is 0.176. The lowest BCUT2D eigenvalue weighted by Crippen LogP contribution is -2.45. The van der Waals surface area contributed by atoms with Crippen LogP contribution in [0.25, 0.3) is 33.4 Å². The number of fused-ring (bicyclic) bond motifs is 16. The minimum Gasteiger partial charge on any atom is -0.338 e. The van der Waals surface area contributed by atoms with Gasteiger partial charge >= 0.3 is 0 Å². The van der Waals surface area contributed by atoms with Crippen LogP contribution in [0.4, 0.5) is 11.4 Å². The van der Waals surface area contributed by atoms with E-state index in [1.54, 1.807) is 5.56 Å². The van der Waals surface area contributed by atoms with E-state index in [2.05, 4.69) is 190 Å². The summed E-state index contributed by atoms with van der Waals surface area (Å²) in [4.78, 5) is 2.82. The van der Waals surface area contributed by atoms with Gasteiger partial charge in [0.15, 0.2) is 0 Å². The number of anilines is 2. The van der Waals surface area contributed by atoms with E-state index in [9.17, 15) is 0 Å². The van der Waals surface area contributed by atoms with Gasteiger partial charge in [0.2, 0.25) is 0 Å². The van der Waals surface area contributed by atoms with E-state index in [1.807, 2.05) is 0 Å². The van der Waals surface area contributed by atoms with Gasteiger partial charge < -0.3 is 4.90 Å². The van der Waals surface area contributed by atoms with Crippen LogP contribution in [-0.2, 0) is 16.2 Å². The average Bonchev–Trinajstić information content (AvgIpc) is 3.87. The summed E-state index contributed by atoms with van der Waals surface area (Å²) in [6, 6.07) is 61.6. The van der Waals surface area contributed by atoms with Crippen molar-refractivity contribution in [2.24, 2.45) is 5.92 Å². The van der Waals surface area contributed by atoms with Crippen molar-refractivity contribution in [2.75, 3.05) is 4.90 Å². The smallest absolute Gasteiger partial charge is 0.0501 e. The molecule has 0 aliphatic heterocycles. The molecule has 0 N–H and O–H groups in total. The van der Waals surface area contributed by atoms with Crippen molar-refractivity contribution in [3.63, 3.8) is 0 Å². The zero-order chi connectivity index (χ0) is 37.6. The predicted molar refractivity (Wildman–Crippen MR) is 232 cm³/mol. The molecule has 12 rings (SSSR count). The zero-order valence-corrected chi connectivity index (χ0v) is 32.8. The summed E-state index contributed by atoms with van der Waals surface area (Å²) in [5.74, 6) is 0.798. The van der Waals surface area contributed by atoms with E-state index in [0.717, 1.165) is 6.42 Å². The molecular formula is C55H47N. The summed E-state index contributed by atoms with van der Waals surface area (Å²) >= 11 is 0. The number of hydrogen-bond donors (Lipinski definition) is 0. The summed E-state index contributed by atoms with van der Waals surface area (Å²) in [6.45, 7) is 9.68. The Balaban J connectivity index is 1.09. The Bertz CT molecular complexity index is 2630. The van der Waals surface area contributed by atoms with Crippen LogP contribution in [0.1, 0.15) is 97.4 Å². The highest BCUT2D eigenvalue weighted by Gasteiger charge is 2.60. The molecule has 272 valence electrons. The maximum atomic E-state index is 2.82. The van der Waals surface area contributed by atoms with Crippen LogP contribution in [-0.4, -0.2) is 6.04 Å². The lowest BCUT2D eigenvalue weighted by molar-refractivity contribution is 0.238. The van der Waals surface area contributed by atoms with E-state index >= 15 is 0 Å².